The maximum atomic E-state index is 12.4. The molecule has 6 heteroatoms. The van der Waals surface area contributed by atoms with Gasteiger partial charge in [0.2, 0.25) is 5.91 Å². The Kier molecular flexibility index (Phi) is 51.6. The molecule has 0 aromatic rings. The minimum absolute atomic E-state index is 0.00506. The van der Waals surface area contributed by atoms with Gasteiger partial charge in [0, 0.05) is 12.8 Å². The molecule has 0 aromatic carbocycles. The molecule has 2 atom stereocenters. The molecule has 0 spiro atoms. The van der Waals surface area contributed by atoms with E-state index in [4.69, 9.17) is 4.74 Å². The number of allylic oxidation sites excluding steroid dienone is 3. The molecule has 0 rings (SSSR count). The molecule has 0 fully saturated rings. The summed E-state index contributed by atoms with van der Waals surface area (Å²) in [4.78, 5) is 24.4. The molecule has 2 unspecified atom stereocenters. The highest BCUT2D eigenvalue weighted by Crippen LogP contribution is 2.17. The van der Waals surface area contributed by atoms with E-state index in [0.717, 1.165) is 44.9 Å². The second kappa shape index (κ2) is 53.0. The number of nitrogens with one attached hydrogen (secondary N) is 1. The first-order valence-electron chi connectivity index (χ1n) is 28.1. The van der Waals surface area contributed by atoms with Crippen molar-refractivity contribution >= 4 is 11.9 Å². The number of aliphatic hydroxyl groups excluding tert-OH is 2. The normalized spacial score (nSPS) is 12.8. The minimum atomic E-state index is -0.841. The number of amides is 1. The summed E-state index contributed by atoms with van der Waals surface area (Å²) in [5, 5.41) is 22.9. The van der Waals surface area contributed by atoms with E-state index in [9.17, 15) is 19.8 Å². The molecule has 0 heterocycles. The quantitative estimate of drug-likeness (QED) is 0.0321. The molecule has 0 aliphatic carbocycles. The predicted molar refractivity (Wildman–Crippen MR) is 273 cm³/mol. The van der Waals surface area contributed by atoms with Crippen LogP contribution in [0.5, 0.6) is 0 Å². The van der Waals surface area contributed by atoms with E-state index in [-0.39, 0.29) is 18.5 Å². The second-order valence-electron chi connectivity index (χ2n) is 19.3. The van der Waals surface area contributed by atoms with Crippen molar-refractivity contribution < 1.29 is 24.5 Å². The molecule has 6 nitrogen and oxygen atoms in total. The number of hydrogen-bond donors (Lipinski definition) is 3. The molecule has 0 bridgehead atoms. The Morgan fingerprint density at radius 2 is 0.746 bits per heavy atom. The number of unbranched alkanes of at least 4 members (excludes halogenated alkanes) is 39. The lowest BCUT2D eigenvalue weighted by molar-refractivity contribution is -0.143. The van der Waals surface area contributed by atoms with E-state index in [0.29, 0.717) is 19.4 Å². The number of esters is 1. The first-order chi connectivity index (χ1) is 31.0. The number of carbonyl (C=O) groups excluding carboxylic acids is 2. The van der Waals surface area contributed by atoms with Crippen molar-refractivity contribution in [3.63, 3.8) is 0 Å². The summed E-state index contributed by atoms with van der Waals surface area (Å²) in [6.07, 6.45) is 63.5. The van der Waals surface area contributed by atoms with E-state index in [1.807, 2.05) is 6.08 Å². The largest absolute Gasteiger partial charge is 0.466 e. The number of hydrogen-bond acceptors (Lipinski definition) is 5. The Morgan fingerprint density at radius 1 is 0.429 bits per heavy atom. The zero-order chi connectivity index (χ0) is 45.8. The molecular weight excluding hydrogens is 779 g/mol. The summed E-state index contributed by atoms with van der Waals surface area (Å²) < 4.78 is 5.47. The number of aliphatic hydroxyl groups is 2. The molecule has 0 aliphatic heterocycles. The summed E-state index contributed by atoms with van der Waals surface area (Å²) in [5.41, 5.74) is 0. The molecule has 0 saturated carbocycles. The minimum Gasteiger partial charge on any atom is -0.466 e. The molecule has 0 saturated heterocycles. The van der Waals surface area contributed by atoms with Gasteiger partial charge in [-0.05, 0) is 57.8 Å². The zero-order valence-electron chi connectivity index (χ0n) is 42.3. The van der Waals surface area contributed by atoms with Crippen LogP contribution in [-0.2, 0) is 14.3 Å². The lowest BCUT2D eigenvalue weighted by Crippen LogP contribution is -2.45. The average molecular weight is 889 g/mol. The van der Waals surface area contributed by atoms with E-state index >= 15 is 0 Å². The second-order valence-corrected chi connectivity index (χ2v) is 19.3. The van der Waals surface area contributed by atoms with E-state index in [2.05, 4.69) is 31.3 Å². The van der Waals surface area contributed by atoms with Crippen molar-refractivity contribution in [3.8, 4) is 0 Å². The molecule has 0 radical (unpaired) electrons. The van der Waals surface area contributed by atoms with Crippen LogP contribution in [-0.4, -0.2) is 47.4 Å². The Hall–Kier alpha value is -1.66. The predicted octanol–water partition coefficient (Wildman–Crippen LogP) is 17.1. The van der Waals surface area contributed by atoms with Gasteiger partial charge in [0.1, 0.15) is 0 Å². The average Bonchev–Trinajstić information content (AvgIpc) is 3.28. The third-order valence-electron chi connectivity index (χ3n) is 13.0. The van der Waals surface area contributed by atoms with Gasteiger partial charge in [0.15, 0.2) is 0 Å². The van der Waals surface area contributed by atoms with Gasteiger partial charge in [0.25, 0.3) is 0 Å². The highest BCUT2D eigenvalue weighted by molar-refractivity contribution is 5.76. The number of carbonyl (C=O) groups is 2. The van der Waals surface area contributed by atoms with Crippen LogP contribution in [0.4, 0.5) is 0 Å². The third kappa shape index (κ3) is 49.6. The van der Waals surface area contributed by atoms with Crippen molar-refractivity contribution in [2.45, 2.75) is 315 Å². The van der Waals surface area contributed by atoms with Gasteiger partial charge in [0.05, 0.1) is 25.4 Å². The zero-order valence-corrected chi connectivity index (χ0v) is 42.3. The monoisotopic (exact) mass is 888 g/mol. The summed E-state index contributed by atoms with van der Waals surface area (Å²) in [5.74, 6) is -0.0649. The van der Waals surface area contributed by atoms with Crippen LogP contribution in [0.25, 0.3) is 0 Å². The number of rotatable bonds is 52. The number of ether oxygens (including phenoxy) is 1. The van der Waals surface area contributed by atoms with Crippen molar-refractivity contribution in [1.82, 2.24) is 5.32 Å². The van der Waals surface area contributed by atoms with Gasteiger partial charge in [-0.2, -0.15) is 0 Å². The fraction of sp³-hybridized carbons (Fsp3) is 0.895. The van der Waals surface area contributed by atoms with E-state index < -0.39 is 12.1 Å². The Balaban J connectivity index is 3.36. The molecule has 1 amide bonds. The lowest BCUT2D eigenvalue weighted by Gasteiger charge is -2.20. The SMILES string of the molecule is CCCCCCC/C=C\CCCCCCCC(=O)OCCCCCCCCCCCCCCCCCCCCCCCCCC(=O)NC(CO)C(O)/C=C/CCCCCCCCC. The Labute approximate surface area is 392 Å². The van der Waals surface area contributed by atoms with Crippen molar-refractivity contribution in [3.05, 3.63) is 24.3 Å². The molecule has 372 valence electrons. The summed E-state index contributed by atoms with van der Waals surface area (Å²) in [6, 6.07) is -0.625. The topological polar surface area (TPSA) is 95.9 Å². The molecule has 0 aliphatic rings. The van der Waals surface area contributed by atoms with Crippen molar-refractivity contribution in [2.24, 2.45) is 0 Å². The molecular formula is C57H109NO5. The first-order valence-corrected chi connectivity index (χ1v) is 28.1. The third-order valence-corrected chi connectivity index (χ3v) is 13.0. The van der Waals surface area contributed by atoms with Crippen LogP contribution >= 0.6 is 0 Å². The highest BCUT2D eigenvalue weighted by atomic mass is 16.5. The van der Waals surface area contributed by atoms with Gasteiger partial charge in [-0.1, -0.05) is 256 Å². The van der Waals surface area contributed by atoms with Gasteiger partial charge < -0.3 is 20.3 Å². The fourth-order valence-corrected chi connectivity index (χ4v) is 8.63. The van der Waals surface area contributed by atoms with Crippen LogP contribution in [0.3, 0.4) is 0 Å². The highest BCUT2D eigenvalue weighted by Gasteiger charge is 2.18. The summed E-state index contributed by atoms with van der Waals surface area (Å²) in [7, 11) is 0. The van der Waals surface area contributed by atoms with Crippen molar-refractivity contribution in [2.75, 3.05) is 13.2 Å². The molecule has 3 N–H and O–H groups in total. The smallest absolute Gasteiger partial charge is 0.305 e. The van der Waals surface area contributed by atoms with Gasteiger partial charge in [-0.3, -0.25) is 9.59 Å². The maximum absolute atomic E-state index is 12.4. The first kappa shape index (κ1) is 61.3. The van der Waals surface area contributed by atoms with Crippen LogP contribution in [0.15, 0.2) is 24.3 Å². The molecule has 63 heavy (non-hydrogen) atoms. The van der Waals surface area contributed by atoms with Gasteiger partial charge in [-0.15, -0.1) is 0 Å². The van der Waals surface area contributed by atoms with Gasteiger partial charge in [-0.25, -0.2) is 0 Å². The van der Waals surface area contributed by atoms with Gasteiger partial charge >= 0.3 is 5.97 Å². The van der Waals surface area contributed by atoms with E-state index in [1.165, 1.54) is 231 Å². The van der Waals surface area contributed by atoms with E-state index in [1.54, 1.807) is 6.08 Å². The van der Waals surface area contributed by atoms with Crippen LogP contribution in [0.2, 0.25) is 0 Å². The standard InChI is InChI=1S/C57H109NO5/c1-3-5-7-9-11-13-14-15-28-31-35-39-43-47-51-57(62)63-52-48-44-40-36-32-29-26-24-22-20-18-16-17-19-21-23-25-27-30-34-38-42-46-50-56(61)58-54(53-59)55(60)49-45-41-37-33-12-10-8-6-4-2/h14-15,45,49,54-55,59-60H,3-13,16-44,46-48,50-53H2,1-2H3,(H,58,61)/b15-14-,49-45+. The van der Waals surface area contributed by atoms with Crippen LogP contribution in [0.1, 0.15) is 303 Å². The van der Waals surface area contributed by atoms with Crippen LogP contribution < -0.4 is 5.32 Å². The fourth-order valence-electron chi connectivity index (χ4n) is 8.63. The van der Waals surface area contributed by atoms with Crippen molar-refractivity contribution in [1.29, 1.82) is 0 Å². The summed E-state index contributed by atoms with van der Waals surface area (Å²) >= 11 is 0. The Morgan fingerprint density at radius 3 is 1.13 bits per heavy atom. The van der Waals surface area contributed by atoms with Crippen LogP contribution in [0, 0.1) is 0 Å². The summed E-state index contributed by atoms with van der Waals surface area (Å²) in [6.45, 7) is 4.87. The Bertz CT molecular complexity index is 982. The molecule has 0 aromatic heterocycles. The lowest BCUT2D eigenvalue weighted by atomic mass is 10.0. The maximum Gasteiger partial charge on any atom is 0.305 e.